The quantitative estimate of drug-likeness (QED) is 0.488. The molecule has 2 saturated carbocycles. The van der Waals surface area contributed by atoms with Crippen molar-refractivity contribution in [1.29, 1.82) is 5.26 Å². The van der Waals surface area contributed by atoms with Crippen LogP contribution in [-0.2, 0) is 5.41 Å². The Morgan fingerprint density at radius 1 is 1.11 bits per heavy atom. The first-order valence-corrected chi connectivity index (χ1v) is 13.1. The van der Waals surface area contributed by atoms with E-state index in [9.17, 15) is 10.1 Å². The minimum atomic E-state index is 0.0105. The van der Waals surface area contributed by atoms with E-state index in [1.807, 2.05) is 43.3 Å². The molecule has 0 spiro atoms. The van der Waals surface area contributed by atoms with Crippen LogP contribution in [0.15, 0.2) is 48.5 Å². The van der Waals surface area contributed by atoms with E-state index in [4.69, 9.17) is 0 Å². The van der Waals surface area contributed by atoms with Gasteiger partial charge < -0.3 is 10.2 Å². The fraction of sp³-hybridized carbons (Fsp3) is 0.533. The maximum absolute atomic E-state index is 13.6. The summed E-state index contributed by atoms with van der Waals surface area (Å²) >= 11 is 0. The lowest BCUT2D eigenvalue weighted by atomic mass is 9.80. The van der Waals surface area contributed by atoms with Gasteiger partial charge in [-0.15, -0.1) is 0 Å². The number of nitrogens with one attached hydrogen (secondary N) is 1. The molecule has 0 aliphatic heterocycles. The molecule has 35 heavy (non-hydrogen) atoms. The minimum absolute atomic E-state index is 0.0105. The number of carbonyl (C=O) groups excluding carboxylic acids is 1. The van der Waals surface area contributed by atoms with Gasteiger partial charge in [0.25, 0.3) is 0 Å². The molecule has 2 amide bonds. The molecule has 186 valence electrons. The summed E-state index contributed by atoms with van der Waals surface area (Å²) in [5.74, 6) is 0.579. The van der Waals surface area contributed by atoms with E-state index < -0.39 is 0 Å². The third kappa shape index (κ3) is 5.38. The second kappa shape index (κ2) is 10.4. The summed E-state index contributed by atoms with van der Waals surface area (Å²) in [6.45, 7) is 12.5. The average molecular weight is 473 g/mol. The molecule has 0 aromatic heterocycles. The molecule has 5 nitrogen and oxygen atoms in total. The number of urea groups is 1. The second-order valence-electron chi connectivity index (χ2n) is 11.0. The van der Waals surface area contributed by atoms with Gasteiger partial charge in [0.1, 0.15) is 0 Å². The lowest BCUT2D eigenvalue weighted by Crippen LogP contribution is -2.50. The summed E-state index contributed by atoms with van der Waals surface area (Å²) in [6, 6.07) is 19.6. The first-order valence-electron chi connectivity index (χ1n) is 13.1. The Labute approximate surface area is 211 Å². The summed E-state index contributed by atoms with van der Waals surface area (Å²) in [7, 11) is 0. The van der Waals surface area contributed by atoms with Crippen LogP contribution in [0.5, 0.6) is 0 Å². The van der Waals surface area contributed by atoms with Gasteiger partial charge in [-0.1, -0.05) is 30.3 Å². The number of benzene rings is 2. The van der Waals surface area contributed by atoms with Crippen molar-refractivity contribution in [2.45, 2.75) is 83.8 Å². The maximum Gasteiger partial charge on any atom is 0.322 e. The Hall–Kier alpha value is -2.84. The van der Waals surface area contributed by atoms with E-state index >= 15 is 0 Å². The molecule has 2 aliphatic carbocycles. The number of fused-ring (bicyclic) bond motifs is 1. The number of nitrogens with zero attached hydrogens (tertiary/aromatic N) is 3. The summed E-state index contributed by atoms with van der Waals surface area (Å²) in [4.78, 5) is 18.2. The van der Waals surface area contributed by atoms with Gasteiger partial charge in [0.15, 0.2) is 0 Å². The average Bonchev–Trinajstić information content (AvgIpc) is 3.58. The predicted molar refractivity (Wildman–Crippen MR) is 142 cm³/mol. The molecular formula is C30H40N4O. The SMILES string of the molecule is Cc1ccccc1NC(=O)N(CCN(C(C)C)C(C)C)C1CC[C@]2(c3cccc(C#N)c3)CC2C1. The number of nitriles is 1. The number of aryl methyl sites for hydroxylation is 1. The standard InChI is InChI=1S/C30H40N4O/c1-21(2)33(22(3)4)15-16-34(29(35)32-28-12-7-6-9-23(28)5)27-13-14-30(19-26(30)18-27)25-11-8-10-24(17-25)20-31/h6-12,17,21-22,26-27H,13-16,18-19H2,1-5H3,(H,32,35)/t26?,27?,30-/m1/s1. The number of hydrogen-bond acceptors (Lipinski definition) is 3. The van der Waals surface area contributed by atoms with Crippen LogP contribution in [0, 0.1) is 24.2 Å². The molecule has 2 fully saturated rings. The van der Waals surface area contributed by atoms with Crippen LogP contribution in [0.1, 0.15) is 70.1 Å². The van der Waals surface area contributed by atoms with Crippen molar-refractivity contribution in [3.63, 3.8) is 0 Å². The largest absolute Gasteiger partial charge is 0.322 e. The minimum Gasteiger partial charge on any atom is -0.320 e. The van der Waals surface area contributed by atoms with Crippen molar-refractivity contribution < 1.29 is 4.79 Å². The summed E-state index contributed by atoms with van der Waals surface area (Å²) in [6.07, 6.45) is 4.26. The molecule has 2 aromatic rings. The molecule has 1 N–H and O–H groups in total. The van der Waals surface area contributed by atoms with Crippen LogP contribution >= 0.6 is 0 Å². The molecule has 0 saturated heterocycles. The summed E-state index contributed by atoms with van der Waals surface area (Å²) < 4.78 is 0. The number of para-hydroxylation sites is 1. The maximum atomic E-state index is 13.6. The first kappa shape index (κ1) is 25.3. The number of carbonyl (C=O) groups is 1. The lowest BCUT2D eigenvalue weighted by Gasteiger charge is -2.39. The van der Waals surface area contributed by atoms with Gasteiger partial charge in [-0.05, 0) is 101 Å². The van der Waals surface area contributed by atoms with Crippen LogP contribution in [0.4, 0.5) is 10.5 Å². The zero-order valence-corrected chi connectivity index (χ0v) is 21.9. The van der Waals surface area contributed by atoms with E-state index in [0.717, 1.165) is 55.6 Å². The van der Waals surface area contributed by atoms with Gasteiger partial charge in [-0.3, -0.25) is 4.90 Å². The van der Waals surface area contributed by atoms with Crippen molar-refractivity contribution in [3.8, 4) is 6.07 Å². The Balaban J connectivity index is 1.51. The third-order valence-electron chi connectivity index (χ3n) is 8.29. The topological polar surface area (TPSA) is 59.4 Å². The van der Waals surface area contributed by atoms with Crippen molar-refractivity contribution in [3.05, 3.63) is 65.2 Å². The van der Waals surface area contributed by atoms with Gasteiger partial charge in [0.2, 0.25) is 0 Å². The number of rotatable bonds is 8. The normalized spacial score (nSPS) is 23.2. The van der Waals surface area contributed by atoms with Gasteiger partial charge in [0.05, 0.1) is 11.6 Å². The van der Waals surface area contributed by atoms with Crippen molar-refractivity contribution in [2.24, 2.45) is 5.92 Å². The number of hydrogen-bond donors (Lipinski definition) is 1. The fourth-order valence-electron chi connectivity index (χ4n) is 6.23. The molecule has 0 bridgehead atoms. The summed E-state index contributed by atoms with van der Waals surface area (Å²) in [5.41, 5.74) is 4.21. The van der Waals surface area contributed by atoms with Crippen LogP contribution in [0.3, 0.4) is 0 Å². The third-order valence-corrected chi connectivity index (χ3v) is 8.29. The molecule has 2 aromatic carbocycles. The molecule has 2 unspecified atom stereocenters. The predicted octanol–water partition coefficient (Wildman–Crippen LogP) is 6.33. The van der Waals surface area contributed by atoms with E-state index in [1.54, 1.807) is 0 Å². The lowest BCUT2D eigenvalue weighted by molar-refractivity contribution is 0.120. The van der Waals surface area contributed by atoms with Crippen molar-refractivity contribution in [1.82, 2.24) is 9.80 Å². The van der Waals surface area contributed by atoms with Crippen LogP contribution in [0.2, 0.25) is 0 Å². The molecule has 0 heterocycles. The van der Waals surface area contributed by atoms with Gasteiger partial charge in [-0.2, -0.15) is 5.26 Å². The van der Waals surface area contributed by atoms with Gasteiger partial charge in [-0.25, -0.2) is 4.79 Å². The van der Waals surface area contributed by atoms with Crippen LogP contribution in [0.25, 0.3) is 0 Å². The van der Waals surface area contributed by atoms with Crippen LogP contribution < -0.4 is 5.32 Å². The highest BCUT2D eigenvalue weighted by Gasteiger charge is 2.58. The molecule has 3 atom stereocenters. The van der Waals surface area contributed by atoms with Gasteiger partial charge >= 0.3 is 6.03 Å². The fourth-order valence-corrected chi connectivity index (χ4v) is 6.23. The molecule has 2 aliphatic rings. The van der Waals surface area contributed by atoms with E-state index in [2.05, 4.69) is 61.0 Å². The van der Waals surface area contributed by atoms with Crippen LogP contribution in [-0.4, -0.2) is 47.0 Å². The van der Waals surface area contributed by atoms with E-state index in [0.29, 0.717) is 18.0 Å². The highest BCUT2D eigenvalue weighted by atomic mass is 16.2. The van der Waals surface area contributed by atoms with E-state index in [-0.39, 0.29) is 17.5 Å². The zero-order chi connectivity index (χ0) is 25.2. The summed E-state index contributed by atoms with van der Waals surface area (Å²) in [5, 5.41) is 12.6. The molecule has 5 heteroatoms. The Morgan fingerprint density at radius 3 is 2.51 bits per heavy atom. The Kier molecular flexibility index (Phi) is 7.52. The number of amides is 2. The highest BCUT2D eigenvalue weighted by molar-refractivity contribution is 5.90. The van der Waals surface area contributed by atoms with Crippen molar-refractivity contribution >= 4 is 11.7 Å². The smallest absolute Gasteiger partial charge is 0.320 e. The monoisotopic (exact) mass is 472 g/mol. The Morgan fingerprint density at radius 2 is 1.86 bits per heavy atom. The molecule has 0 radical (unpaired) electrons. The molecule has 4 rings (SSSR count). The highest BCUT2D eigenvalue weighted by Crippen LogP contribution is 2.62. The second-order valence-corrected chi connectivity index (χ2v) is 11.0. The first-order chi connectivity index (χ1) is 16.7. The van der Waals surface area contributed by atoms with Crippen molar-refractivity contribution in [2.75, 3.05) is 18.4 Å². The molecular weight excluding hydrogens is 432 g/mol. The van der Waals surface area contributed by atoms with E-state index in [1.165, 1.54) is 5.56 Å². The zero-order valence-electron chi connectivity index (χ0n) is 21.9. The number of anilines is 1. The van der Waals surface area contributed by atoms with Gasteiger partial charge in [0, 0.05) is 36.9 Å². The Bertz CT molecular complexity index is 1080.